The largest absolute Gasteiger partial charge is 0.507 e. The van der Waals surface area contributed by atoms with Crippen molar-refractivity contribution in [3.8, 4) is 17.2 Å². The van der Waals surface area contributed by atoms with Gasteiger partial charge in [0, 0.05) is 5.02 Å². The van der Waals surface area contributed by atoms with Gasteiger partial charge in [-0.05, 0) is 68.5 Å². The van der Waals surface area contributed by atoms with E-state index >= 15 is 0 Å². The molecule has 1 aromatic heterocycles. The Bertz CT molecular complexity index is 1240. The van der Waals surface area contributed by atoms with E-state index in [1.807, 2.05) is 0 Å². The summed E-state index contributed by atoms with van der Waals surface area (Å²) in [5, 5.41) is 10.8. The predicted molar refractivity (Wildman–Crippen MR) is 118 cm³/mol. The average Bonchev–Trinajstić information content (AvgIpc) is 2.75. The van der Waals surface area contributed by atoms with Crippen molar-refractivity contribution in [2.24, 2.45) is 0 Å². The van der Waals surface area contributed by atoms with Crippen LogP contribution in [0.2, 0.25) is 5.02 Å². The molecule has 0 bridgehead atoms. The van der Waals surface area contributed by atoms with Gasteiger partial charge in [0.1, 0.15) is 18.0 Å². The molecule has 3 aromatic rings. The van der Waals surface area contributed by atoms with Gasteiger partial charge in [0.25, 0.3) is 5.76 Å². The first-order valence-corrected chi connectivity index (χ1v) is 11.1. The van der Waals surface area contributed by atoms with Crippen molar-refractivity contribution in [3.05, 3.63) is 62.0 Å². The van der Waals surface area contributed by atoms with Crippen LogP contribution in [0.15, 0.2) is 33.5 Å². The van der Waals surface area contributed by atoms with Crippen LogP contribution in [0.4, 0.5) is 13.2 Å². The van der Waals surface area contributed by atoms with Gasteiger partial charge in [0.2, 0.25) is 11.2 Å². The molecule has 0 saturated carbocycles. The van der Waals surface area contributed by atoms with E-state index in [2.05, 4.69) is 0 Å². The zero-order valence-electron chi connectivity index (χ0n) is 18.2. The van der Waals surface area contributed by atoms with E-state index in [1.165, 1.54) is 24.3 Å². The number of phenolic OH excluding ortho intramolecular Hbond substituents is 1. The van der Waals surface area contributed by atoms with Gasteiger partial charge in [-0.25, -0.2) is 0 Å². The number of aryl methyl sites for hydroxylation is 2. The fraction of sp³-hybridized carbons (Fsp3) is 0.375. The topological polar surface area (TPSA) is 64.1 Å². The first-order chi connectivity index (χ1) is 15.6. The number of hydrogen-bond donors (Lipinski definition) is 2. The zero-order chi connectivity index (χ0) is 23.9. The lowest BCUT2D eigenvalue weighted by atomic mass is 10.1. The van der Waals surface area contributed by atoms with Gasteiger partial charge in [0.15, 0.2) is 5.58 Å². The summed E-state index contributed by atoms with van der Waals surface area (Å²) in [6.45, 7) is 5.31. The molecular weight excluding hydrogens is 459 g/mol. The number of benzene rings is 2. The van der Waals surface area contributed by atoms with Crippen molar-refractivity contribution in [1.29, 1.82) is 0 Å². The first kappa shape index (κ1) is 23.4. The minimum atomic E-state index is -4.99. The Morgan fingerprint density at radius 1 is 1.12 bits per heavy atom. The number of likely N-dealkylation sites (tertiary alicyclic amines) is 1. The molecule has 0 atom stereocenters. The number of nitrogens with one attached hydrogen (secondary N) is 1. The molecule has 4 rings (SSSR count). The molecule has 1 fully saturated rings. The first-order valence-electron chi connectivity index (χ1n) is 10.7. The second-order valence-electron chi connectivity index (χ2n) is 8.49. The number of halogens is 4. The van der Waals surface area contributed by atoms with Crippen molar-refractivity contribution in [1.82, 2.24) is 0 Å². The highest BCUT2D eigenvalue weighted by Gasteiger charge is 2.41. The maximum atomic E-state index is 14.0. The summed E-state index contributed by atoms with van der Waals surface area (Å²) in [5.41, 5.74) is 0.172. The number of aromatic hydroxyl groups is 1. The fourth-order valence-electron chi connectivity index (χ4n) is 4.30. The lowest BCUT2D eigenvalue weighted by Crippen LogP contribution is -3.11. The van der Waals surface area contributed by atoms with Crippen LogP contribution in [-0.2, 0) is 12.7 Å². The zero-order valence-corrected chi connectivity index (χ0v) is 19.0. The smallest absolute Gasteiger partial charge is 0.453 e. The Morgan fingerprint density at radius 2 is 1.76 bits per heavy atom. The standard InChI is InChI=1S/C24H23ClF3NO4/c1-13-10-15(11-14(2)19(13)25)32-22-20(31)16-6-7-18(30)17(12-29-8-4-3-5-9-29)21(16)33-23(22)24(26,27)28/h6-7,10-11,30H,3-5,8-9,12H2,1-2H3/p+1. The average molecular weight is 483 g/mol. The number of alkyl halides is 3. The third-order valence-corrected chi connectivity index (χ3v) is 6.57. The van der Waals surface area contributed by atoms with Gasteiger partial charge in [-0.15, -0.1) is 0 Å². The Labute approximate surface area is 193 Å². The van der Waals surface area contributed by atoms with Crippen molar-refractivity contribution in [3.63, 3.8) is 0 Å². The molecule has 1 aliphatic heterocycles. The van der Waals surface area contributed by atoms with Crippen molar-refractivity contribution < 1.29 is 32.3 Å². The molecule has 176 valence electrons. The Kier molecular flexibility index (Phi) is 6.33. The number of quaternary nitrogens is 1. The maximum Gasteiger partial charge on any atom is 0.453 e. The molecule has 0 amide bonds. The molecule has 9 heteroatoms. The van der Waals surface area contributed by atoms with E-state index in [9.17, 15) is 23.1 Å². The van der Waals surface area contributed by atoms with Crippen LogP contribution < -0.4 is 15.1 Å². The van der Waals surface area contributed by atoms with Gasteiger partial charge in [-0.2, -0.15) is 13.2 Å². The molecule has 2 N–H and O–H groups in total. The van der Waals surface area contributed by atoms with E-state index in [0.717, 1.165) is 37.3 Å². The molecule has 1 saturated heterocycles. The van der Waals surface area contributed by atoms with E-state index in [1.54, 1.807) is 13.8 Å². The number of phenols is 1. The van der Waals surface area contributed by atoms with Crippen molar-refractivity contribution in [2.75, 3.05) is 13.1 Å². The van der Waals surface area contributed by atoms with Crippen LogP contribution in [0.25, 0.3) is 11.0 Å². The van der Waals surface area contributed by atoms with E-state index in [4.69, 9.17) is 20.8 Å². The summed E-state index contributed by atoms with van der Waals surface area (Å²) in [7, 11) is 0. The third kappa shape index (κ3) is 4.68. The lowest BCUT2D eigenvalue weighted by Gasteiger charge is -2.24. The monoisotopic (exact) mass is 482 g/mol. The van der Waals surface area contributed by atoms with E-state index in [-0.39, 0.29) is 34.6 Å². The SMILES string of the molecule is Cc1cc(Oc2c(C(F)(F)F)oc3c(C[NH+]4CCCCC4)c(O)ccc3c2=O)cc(C)c1Cl. The second-order valence-corrected chi connectivity index (χ2v) is 8.87. The Morgan fingerprint density at radius 3 is 2.36 bits per heavy atom. The van der Waals surface area contributed by atoms with Gasteiger partial charge in [-0.1, -0.05) is 11.6 Å². The Hall–Kier alpha value is -2.71. The van der Waals surface area contributed by atoms with Crippen LogP contribution in [0.1, 0.15) is 41.7 Å². The lowest BCUT2D eigenvalue weighted by molar-refractivity contribution is -0.918. The summed E-state index contributed by atoms with van der Waals surface area (Å²) in [4.78, 5) is 14.3. The summed E-state index contributed by atoms with van der Waals surface area (Å²) < 4.78 is 52.7. The summed E-state index contributed by atoms with van der Waals surface area (Å²) in [6, 6.07) is 5.49. The predicted octanol–water partition coefficient (Wildman–Crippen LogP) is 5.15. The van der Waals surface area contributed by atoms with Crippen molar-refractivity contribution >= 4 is 22.6 Å². The van der Waals surface area contributed by atoms with Crippen LogP contribution in [-0.4, -0.2) is 18.2 Å². The minimum absolute atomic E-state index is 0.0447. The molecule has 0 aliphatic carbocycles. The van der Waals surface area contributed by atoms with Gasteiger partial charge >= 0.3 is 6.18 Å². The van der Waals surface area contributed by atoms with Crippen LogP contribution in [0.5, 0.6) is 17.2 Å². The molecule has 5 nitrogen and oxygen atoms in total. The quantitative estimate of drug-likeness (QED) is 0.540. The molecule has 33 heavy (non-hydrogen) atoms. The number of ether oxygens (including phenoxy) is 1. The summed E-state index contributed by atoms with van der Waals surface area (Å²) in [5.74, 6) is -2.64. The summed E-state index contributed by atoms with van der Waals surface area (Å²) >= 11 is 6.14. The van der Waals surface area contributed by atoms with Crippen LogP contribution >= 0.6 is 11.6 Å². The van der Waals surface area contributed by atoms with Crippen molar-refractivity contribution in [2.45, 2.75) is 45.8 Å². The fourth-order valence-corrected chi connectivity index (χ4v) is 4.41. The Balaban J connectivity index is 1.88. The van der Waals surface area contributed by atoms with Gasteiger partial charge < -0.3 is 19.2 Å². The third-order valence-electron chi connectivity index (χ3n) is 5.97. The molecule has 0 radical (unpaired) electrons. The molecule has 0 unspecified atom stereocenters. The highest BCUT2D eigenvalue weighted by molar-refractivity contribution is 6.32. The summed E-state index contributed by atoms with van der Waals surface area (Å²) in [6.07, 6.45) is -1.89. The molecule has 0 spiro atoms. The van der Waals surface area contributed by atoms with E-state index in [0.29, 0.717) is 16.1 Å². The molecule has 2 heterocycles. The van der Waals surface area contributed by atoms with E-state index < -0.39 is 23.1 Å². The number of fused-ring (bicyclic) bond motifs is 1. The van der Waals surface area contributed by atoms with Gasteiger partial charge in [0.05, 0.1) is 24.0 Å². The minimum Gasteiger partial charge on any atom is -0.507 e. The highest BCUT2D eigenvalue weighted by atomic mass is 35.5. The number of hydrogen-bond acceptors (Lipinski definition) is 4. The number of piperidine rings is 1. The highest BCUT2D eigenvalue weighted by Crippen LogP contribution is 2.40. The van der Waals surface area contributed by atoms with Gasteiger partial charge in [-0.3, -0.25) is 4.79 Å². The molecular formula is C24H24ClF3NO4+. The molecule has 2 aromatic carbocycles. The molecule has 1 aliphatic rings. The number of rotatable bonds is 4. The van der Waals surface area contributed by atoms with Crippen LogP contribution in [0, 0.1) is 13.8 Å². The second kappa shape index (κ2) is 8.91. The normalized spacial score (nSPS) is 15.2. The maximum absolute atomic E-state index is 14.0. The van der Waals surface area contributed by atoms with Crippen LogP contribution in [0.3, 0.4) is 0 Å².